The van der Waals surface area contributed by atoms with E-state index in [-0.39, 0.29) is 5.91 Å². The highest BCUT2D eigenvalue weighted by Crippen LogP contribution is 2.01. The van der Waals surface area contributed by atoms with E-state index in [9.17, 15) is 4.79 Å². The molecule has 0 spiro atoms. The summed E-state index contributed by atoms with van der Waals surface area (Å²) in [5.41, 5.74) is 0. The predicted octanol–water partition coefficient (Wildman–Crippen LogP) is 0.191. The van der Waals surface area contributed by atoms with Crippen LogP contribution in [-0.2, 0) is 6.54 Å². The second-order valence-corrected chi connectivity index (χ2v) is 3.29. The molecule has 2 aromatic heterocycles. The molecule has 0 atom stereocenters. The van der Waals surface area contributed by atoms with Crippen LogP contribution in [0.1, 0.15) is 15.5 Å². The van der Waals surface area contributed by atoms with Crippen LogP contribution in [0, 0.1) is 0 Å². The van der Waals surface area contributed by atoms with Gasteiger partial charge in [-0.1, -0.05) is 4.49 Å². The fraction of sp³-hybridized carbons (Fsp3) is 0.143. The van der Waals surface area contributed by atoms with Gasteiger partial charge in [0.1, 0.15) is 10.7 Å². The molecule has 0 aromatic carbocycles. The van der Waals surface area contributed by atoms with Crippen molar-refractivity contribution >= 4 is 17.4 Å². The first-order valence-electron chi connectivity index (χ1n) is 3.90. The fourth-order valence-corrected chi connectivity index (χ4v) is 1.34. The van der Waals surface area contributed by atoms with Crippen LogP contribution in [-0.4, -0.2) is 25.5 Å². The number of nitrogens with one attached hydrogen (secondary N) is 2. The molecule has 1 amide bonds. The van der Waals surface area contributed by atoms with Crippen LogP contribution in [0.5, 0.6) is 0 Å². The highest BCUT2D eigenvalue weighted by molar-refractivity contribution is 7.07. The Balaban J connectivity index is 1.90. The second-order valence-electron chi connectivity index (χ2n) is 2.50. The van der Waals surface area contributed by atoms with E-state index in [1.165, 1.54) is 6.20 Å². The number of hydrogen-bond acceptors (Lipinski definition) is 5. The van der Waals surface area contributed by atoms with Crippen molar-refractivity contribution in [1.82, 2.24) is 24.9 Å². The molecular weight excluding hydrogens is 202 g/mol. The average molecular weight is 209 g/mol. The molecule has 0 aliphatic heterocycles. The summed E-state index contributed by atoms with van der Waals surface area (Å²) in [5.74, 6) is 0.534. The van der Waals surface area contributed by atoms with Crippen molar-refractivity contribution in [2.24, 2.45) is 0 Å². The molecule has 0 bridgehead atoms. The Hall–Kier alpha value is -1.76. The number of imidazole rings is 1. The maximum Gasteiger partial charge on any atom is 0.265 e. The molecule has 14 heavy (non-hydrogen) atoms. The highest BCUT2D eigenvalue weighted by atomic mass is 32.1. The van der Waals surface area contributed by atoms with E-state index in [1.807, 2.05) is 0 Å². The van der Waals surface area contributed by atoms with Crippen LogP contribution < -0.4 is 5.32 Å². The predicted molar refractivity (Wildman–Crippen MR) is 49.7 cm³/mol. The topological polar surface area (TPSA) is 83.6 Å². The highest BCUT2D eigenvalue weighted by Gasteiger charge is 2.07. The number of aromatic amines is 1. The molecule has 2 heterocycles. The number of carbonyl (C=O) groups excluding carboxylic acids is 1. The van der Waals surface area contributed by atoms with Gasteiger partial charge in [-0.2, -0.15) is 0 Å². The second kappa shape index (κ2) is 3.97. The van der Waals surface area contributed by atoms with Crippen LogP contribution in [0.15, 0.2) is 18.6 Å². The largest absolute Gasteiger partial charge is 0.347 e. The SMILES string of the molecule is O=C(NCc1ncc[nH]1)c1cnns1. The molecule has 2 rings (SSSR count). The monoisotopic (exact) mass is 209 g/mol. The van der Waals surface area contributed by atoms with Crippen molar-refractivity contribution in [3.05, 3.63) is 29.3 Å². The molecule has 0 aliphatic rings. The maximum absolute atomic E-state index is 11.4. The molecule has 0 unspecified atom stereocenters. The number of nitrogens with zero attached hydrogens (tertiary/aromatic N) is 3. The molecule has 2 N–H and O–H groups in total. The lowest BCUT2D eigenvalue weighted by atomic mass is 10.5. The summed E-state index contributed by atoms with van der Waals surface area (Å²) >= 11 is 1.06. The number of amides is 1. The van der Waals surface area contributed by atoms with E-state index < -0.39 is 0 Å². The van der Waals surface area contributed by atoms with Crippen molar-refractivity contribution in [3.63, 3.8) is 0 Å². The van der Waals surface area contributed by atoms with Crippen molar-refractivity contribution < 1.29 is 4.79 Å². The van der Waals surface area contributed by atoms with Gasteiger partial charge in [-0.15, -0.1) is 5.10 Å². The van der Waals surface area contributed by atoms with Gasteiger partial charge in [0.15, 0.2) is 0 Å². The van der Waals surface area contributed by atoms with E-state index in [0.717, 1.165) is 17.4 Å². The van der Waals surface area contributed by atoms with E-state index in [2.05, 4.69) is 24.9 Å². The summed E-state index contributed by atoms with van der Waals surface area (Å²) in [6, 6.07) is 0. The molecule has 0 aliphatic carbocycles. The van der Waals surface area contributed by atoms with Crippen LogP contribution in [0.3, 0.4) is 0 Å². The van der Waals surface area contributed by atoms with Crippen LogP contribution in [0.2, 0.25) is 0 Å². The molecule has 6 nitrogen and oxygen atoms in total. The number of H-pyrrole nitrogens is 1. The van der Waals surface area contributed by atoms with Crippen LogP contribution in [0.4, 0.5) is 0 Å². The Morgan fingerprint density at radius 1 is 1.64 bits per heavy atom. The number of carbonyl (C=O) groups is 1. The molecule has 0 saturated carbocycles. The summed E-state index contributed by atoms with van der Waals surface area (Å²) in [7, 11) is 0. The van der Waals surface area contributed by atoms with E-state index in [4.69, 9.17) is 0 Å². The number of hydrogen-bond donors (Lipinski definition) is 2. The zero-order chi connectivity index (χ0) is 9.80. The Labute approximate surface area is 83.5 Å². The smallest absolute Gasteiger partial charge is 0.265 e. The summed E-state index contributed by atoms with van der Waals surface area (Å²) in [5, 5.41) is 6.26. The van der Waals surface area contributed by atoms with E-state index >= 15 is 0 Å². The van der Waals surface area contributed by atoms with Crippen molar-refractivity contribution in [3.8, 4) is 0 Å². The third-order valence-corrected chi connectivity index (χ3v) is 2.22. The van der Waals surface area contributed by atoms with Crippen LogP contribution in [0.25, 0.3) is 0 Å². The van der Waals surface area contributed by atoms with Crippen molar-refractivity contribution in [2.45, 2.75) is 6.54 Å². The summed E-state index contributed by atoms with van der Waals surface area (Å²) in [4.78, 5) is 18.7. The molecule has 7 heteroatoms. The van der Waals surface area contributed by atoms with Crippen molar-refractivity contribution in [2.75, 3.05) is 0 Å². The van der Waals surface area contributed by atoms with Gasteiger partial charge in [0.05, 0.1) is 12.7 Å². The Morgan fingerprint density at radius 3 is 3.21 bits per heavy atom. The fourth-order valence-electron chi connectivity index (χ4n) is 0.913. The maximum atomic E-state index is 11.4. The first kappa shape index (κ1) is 8.82. The van der Waals surface area contributed by atoms with E-state index in [0.29, 0.717) is 11.4 Å². The lowest BCUT2D eigenvalue weighted by molar-refractivity contribution is 0.0954. The molecule has 0 saturated heterocycles. The lowest BCUT2D eigenvalue weighted by Crippen LogP contribution is -2.22. The minimum Gasteiger partial charge on any atom is -0.347 e. The van der Waals surface area contributed by atoms with Gasteiger partial charge in [-0.3, -0.25) is 4.79 Å². The first-order chi connectivity index (χ1) is 6.86. The van der Waals surface area contributed by atoms with Crippen LogP contribution >= 0.6 is 11.5 Å². The Morgan fingerprint density at radius 2 is 2.57 bits per heavy atom. The average Bonchev–Trinajstić information content (AvgIpc) is 2.87. The minimum absolute atomic E-state index is 0.184. The van der Waals surface area contributed by atoms with E-state index in [1.54, 1.807) is 12.4 Å². The normalized spacial score (nSPS) is 10.0. The number of aromatic nitrogens is 4. The quantitative estimate of drug-likeness (QED) is 0.755. The standard InChI is InChI=1S/C7H7N5OS/c13-7(5-3-11-12-14-5)10-4-6-8-1-2-9-6/h1-3H,4H2,(H,8,9)(H,10,13). The molecule has 0 radical (unpaired) electrons. The van der Waals surface area contributed by atoms with Gasteiger partial charge in [0.2, 0.25) is 0 Å². The van der Waals surface area contributed by atoms with Crippen molar-refractivity contribution in [1.29, 1.82) is 0 Å². The Kier molecular flexibility index (Phi) is 2.50. The summed E-state index contributed by atoms with van der Waals surface area (Å²) in [6.45, 7) is 0.379. The summed E-state index contributed by atoms with van der Waals surface area (Å²) < 4.78 is 3.60. The first-order valence-corrected chi connectivity index (χ1v) is 4.67. The number of rotatable bonds is 3. The minimum atomic E-state index is -0.184. The zero-order valence-corrected chi connectivity index (χ0v) is 7.91. The Bertz CT molecular complexity index is 396. The van der Waals surface area contributed by atoms with Gasteiger partial charge >= 0.3 is 0 Å². The third kappa shape index (κ3) is 1.94. The van der Waals surface area contributed by atoms with Gasteiger partial charge < -0.3 is 10.3 Å². The molecular formula is C7H7N5OS. The third-order valence-electron chi connectivity index (χ3n) is 1.56. The molecule has 2 aromatic rings. The summed E-state index contributed by atoms with van der Waals surface area (Å²) in [6.07, 6.45) is 4.77. The lowest BCUT2D eigenvalue weighted by Gasteiger charge is -1.98. The zero-order valence-electron chi connectivity index (χ0n) is 7.10. The van der Waals surface area contributed by atoms with Gasteiger partial charge in [0, 0.05) is 12.4 Å². The van der Waals surface area contributed by atoms with Gasteiger partial charge in [-0.05, 0) is 11.5 Å². The molecule has 0 fully saturated rings. The van der Waals surface area contributed by atoms with Gasteiger partial charge in [0.25, 0.3) is 5.91 Å². The molecule has 72 valence electrons. The van der Waals surface area contributed by atoms with Gasteiger partial charge in [-0.25, -0.2) is 4.98 Å².